The van der Waals surface area contributed by atoms with Crippen LogP contribution >= 0.6 is 12.2 Å². The molecule has 1 unspecified atom stereocenters. The van der Waals surface area contributed by atoms with E-state index in [1.165, 1.54) is 24.3 Å². The summed E-state index contributed by atoms with van der Waals surface area (Å²) < 4.78 is 18.5. The van der Waals surface area contributed by atoms with Gasteiger partial charge in [0.15, 0.2) is 5.11 Å². The second-order valence-electron chi connectivity index (χ2n) is 5.77. The number of hydrogen-bond acceptors (Lipinski definition) is 3. The summed E-state index contributed by atoms with van der Waals surface area (Å²) in [6.07, 6.45) is 0. The molecule has 5 nitrogen and oxygen atoms in total. The molecule has 0 spiro atoms. The first-order valence-corrected chi connectivity index (χ1v) is 8.38. The molecule has 0 aliphatic carbocycles. The predicted molar refractivity (Wildman–Crippen MR) is 102 cm³/mol. The summed E-state index contributed by atoms with van der Waals surface area (Å²) in [6, 6.07) is 12.6. The number of ether oxygens (including phenoxy) is 1. The summed E-state index contributed by atoms with van der Waals surface area (Å²) in [6.45, 7) is 1.79. The molecule has 0 aromatic heterocycles. The number of benzene rings is 2. The summed E-state index contributed by atoms with van der Waals surface area (Å²) in [5, 5.41) is 9.33. The molecule has 1 amide bonds. The number of hydrogen-bond donors (Lipinski definition) is 3. The van der Waals surface area contributed by atoms with Crippen LogP contribution in [0.4, 0.5) is 10.1 Å². The second kappa shape index (κ2) is 7.53. The van der Waals surface area contributed by atoms with Crippen molar-refractivity contribution in [2.24, 2.45) is 0 Å². The van der Waals surface area contributed by atoms with Crippen LogP contribution in [0.3, 0.4) is 0 Å². The molecular weight excluding hydrogens is 353 g/mol. The van der Waals surface area contributed by atoms with Gasteiger partial charge in [0.25, 0.3) is 5.91 Å². The van der Waals surface area contributed by atoms with Crippen molar-refractivity contribution in [2.75, 3.05) is 12.4 Å². The first-order valence-electron chi connectivity index (χ1n) is 7.97. The number of nitrogens with one attached hydrogen (secondary N) is 3. The van der Waals surface area contributed by atoms with Crippen molar-refractivity contribution >= 4 is 28.9 Å². The van der Waals surface area contributed by atoms with Crippen molar-refractivity contribution in [3.05, 3.63) is 71.2 Å². The maximum atomic E-state index is 13.1. The lowest BCUT2D eigenvalue weighted by molar-refractivity contribution is -0.113. The lowest BCUT2D eigenvalue weighted by Gasteiger charge is -2.31. The van der Waals surface area contributed by atoms with Gasteiger partial charge < -0.3 is 20.7 Å². The van der Waals surface area contributed by atoms with Crippen LogP contribution in [0.15, 0.2) is 59.8 Å². The fraction of sp³-hybridized carbons (Fsp3) is 0.158. The SMILES string of the molecule is COc1ccccc1C1NC(=S)NC(C)=C1C(=O)Nc1ccc(F)cc1. The van der Waals surface area contributed by atoms with Gasteiger partial charge in [-0.05, 0) is 49.5 Å². The van der Waals surface area contributed by atoms with E-state index in [0.717, 1.165) is 5.56 Å². The molecule has 3 rings (SSSR count). The van der Waals surface area contributed by atoms with Crippen molar-refractivity contribution < 1.29 is 13.9 Å². The highest BCUT2D eigenvalue weighted by Gasteiger charge is 2.31. The third-order valence-electron chi connectivity index (χ3n) is 4.07. The fourth-order valence-electron chi connectivity index (χ4n) is 2.86. The Labute approximate surface area is 156 Å². The lowest BCUT2D eigenvalue weighted by Crippen LogP contribution is -2.45. The molecule has 1 atom stereocenters. The van der Waals surface area contributed by atoms with Crippen LogP contribution in [0.5, 0.6) is 5.75 Å². The third kappa shape index (κ3) is 3.67. The summed E-state index contributed by atoms with van der Waals surface area (Å²) in [7, 11) is 1.58. The molecule has 1 aliphatic rings. The van der Waals surface area contributed by atoms with Crippen LogP contribution in [0, 0.1) is 5.82 Å². The van der Waals surface area contributed by atoms with E-state index in [1.807, 2.05) is 24.3 Å². The molecule has 134 valence electrons. The predicted octanol–water partition coefficient (Wildman–Crippen LogP) is 3.27. The van der Waals surface area contributed by atoms with E-state index in [1.54, 1.807) is 14.0 Å². The van der Waals surface area contributed by atoms with Crippen LogP contribution in [0.25, 0.3) is 0 Å². The molecule has 0 bridgehead atoms. The van der Waals surface area contributed by atoms with Gasteiger partial charge in [-0.3, -0.25) is 4.79 Å². The standard InChI is InChI=1S/C19H18FN3O2S/c1-11-16(18(24)22-13-9-7-12(20)8-10-13)17(23-19(26)21-11)14-5-3-4-6-15(14)25-2/h3-10,17H,1-2H3,(H,22,24)(H2,21,23,26). The van der Waals surface area contributed by atoms with E-state index >= 15 is 0 Å². The highest BCUT2D eigenvalue weighted by Crippen LogP contribution is 2.33. The van der Waals surface area contributed by atoms with Gasteiger partial charge in [-0.15, -0.1) is 0 Å². The molecule has 1 aliphatic heterocycles. The fourth-order valence-corrected chi connectivity index (χ4v) is 3.14. The molecule has 0 radical (unpaired) electrons. The minimum Gasteiger partial charge on any atom is -0.496 e. The van der Waals surface area contributed by atoms with Gasteiger partial charge in [0, 0.05) is 16.9 Å². The maximum Gasteiger partial charge on any atom is 0.255 e. The van der Waals surface area contributed by atoms with E-state index in [-0.39, 0.29) is 11.7 Å². The minimum absolute atomic E-state index is 0.312. The van der Waals surface area contributed by atoms with Crippen molar-refractivity contribution in [1.29, 1.82) is 0 Å². The third-order valence-corrected chi connectivity index (χ3v) is 4.29. The number of para-hydroxylation sites is 1. The van der Waals surface area contributed by atoms with Crippen molar-refractivity contribution in [2.45, 2.75) is 13.0 Å². The number of amides is 1. The van der Waals surface area contributed by atoms with Gasteiger partial charge in [0.2, 0.25) is 0 Å². The van der Waals surface area contributed by atoms with Crippen LogP contribution in [0.2, 0.25) is 0 Å². The Hall–Kier alpha value is -2.93. The number of methoxy groups -OCH3 is 1. The van der Waals surface area contributed by atoms with E-state index < -0.39 is 6.04 Å². The number of anilines is 1. The van der Waals surface area contributed by atoms with Crippen LogP contribution in [-0.4, -0.2) is 18.1 Å². The van der Waals surface area contributed by atoms with Crippen molar-refractivity contribution in [3.8, 4) is 5.75 Å². The average Bonchev–Trinajstić information content (AvgIpc) is 2.62. The Morgan fingerprint density at radius 3 is 2.58 bits per heavy atom. The van der Waals surface area contributed by atoms with Crippen LogP contribution < -0.4 is 20.7 Å². The zero-order valence-electron chi connectivity index (χ0n) is 14.3. The minimum atomic E-state index is -0.472. The largest absolute Gasteiger partial charge is 0.496 e. The Kier molecular flexibility index (Phi) is 5.18. The van der Waals surface area contributed by atoms with Gasteiger partial charge in [-0.1, -0.05) is 18.2 Å². The zero-order valence-corrected chi connectivity index (χ0v) is 15.1. The molecule has 26 heavy (non-hydrogen) atoms. The Balaban J connectivity index is 1.97. The first kappa shape index (κ1) is 17.9. The molecule has 0 saturated heterocycles. The Bertz CT molecular complexity index is 881. The van der Waals surface area contributed by atoms with Gasteiger partial charge in [0.1, 0.15) is 11.6 Å². The molecule has 3 N–H and O–H groups in total. The van der Waals surface area contributed by atoms with Crippen LogP contribution in [-0.2, 0) is 4.79 Å². The summed E-state index contributed by atoms with van der Waals surface area (Å²) >= 11 is 5.25. The monoisotopic (exact) mass is 371 g/mol. The summed E-state index contributed by atoms with van der Waals surface area (Å²) in [5.74, 6) is -0.0289. The molecule has 2 aromatic carbocycles. The zero-order chi connectivity index (χ0) is 18.7. The first-order chi connectivity index (χ1) is 12.5. The van der Waals surface area contributed by atoms with E-state index in [9.17, 15) is 9.18 Å². The number of halogens is 1. The quantitative estimate of drug-likeness (QED) is 0.720. The van der Waals surface area contributed by atoms with Gasteiger partial charge in [0.05, 0.1) is 18.7 Å². The van der Waals surface area contributed by atoms with E-state index in [4.69, 9.17) is 17.0 Å². The average molecular weight is 371 g/mol. The lowest BCUT2D eigenvalue weighted by atomic mass is 9.94. The van der Waals surface area contributed by atoms with E-state index in [0.29, 0.717) is 27.8 Å². The number of allylic oxidation sites excluding steroid dienone is 1. The second-order valence-corrected chi connectivity index (χ2v) is 6.18. The smallest absolute Gasteiger partial charge is 0.255 e. The molecule has 1 heterocycles. The van der Waals surface area contributed by atoms with Gasteiger partial charge >= 0.3 is 0 Å². The topological polar surface area (TPSA) is 62.4 Å². The normalized spacial score (nSPS) is 16.6. The number of rotatable bonds is 4. The molecule has 0 fully saturated rings. The number of carbonyl (C=O) groups is 1. The van der Waals surface area contributed by atoms with E-state index in [2.05, 4.69) is 16.0 Å². The van der Waals surface area contributed by atoms with Gasteiger partial charge in [-0.2, -0.15) is 0 Å². The number of thiocarbonyl (C=S) groups is 1. The summed E-state index contributed by atoms with van der Waals surface area (Å²) in [5.41, 5.74) is 2.42. The van der Waals surface area contributed by atoms with Gasteiger partial charge in [-0.25, -0.2) is 4.39 Å². The number of carbonyl (C=O) groups excluding carboxylic acids is 1. The summed E-state index contributed by atoms with van der Waals surface area (Å²) in [4.78, 5) is 12.9. The highest BCUT2D eigenvalue weighted by atomic mass is 32.1. The molecular formula is C19H18FN3O2S. The Morgan fingerprint density at radius 2 is 1.88 bits per heavy atom. The maximum absolute atomic E-state index is 13.1. The molecule has 0 saturated carbocycles. The van der Waals surface area contributed by atoms with Crippen molar-refractivity contribution in [1.82, 2.24) is 10.6 Å². The molecule has 2 aromatic rings. The highest BCUT2D eigenvalue weighted by molar-refractivity contribution is 7.80. The molecule has 7 heteroatoms. The Morgan fingerprint density at radius 1 is 1.19 bits per heavy atom. The van der Waals surface area contributed by atoms with Crippen molar-refractivity contribution in [3.63, 3.8) is 0 Å². The van der Waals surface area contributed by atoms with Crippen LogP contribution in [0.1, 0.15) is 18.5 Å².